The maximum absolute atomic E-state index is 12.3. The van der Waals surface area contributed by atoms with E-state index in [9.17, 15) is 14.7 Å². The third-order valence-electron chi connectivity index (χ3n) is 4.35. The van der Waals surface area contributed by atoms with E-state index in [4.69, 9.17) is 13.9 Å². The molecule has 0 saturated heterocycles. The van der Waals surface area contributed by atoms with Crippen molar-refractivity contribution in [3.05, 3.63) is 75.1 Å². The summed E-state index contributed by atoms with van der Waals surface area (Å²) in [7, 11) is 0. The average Bonchev–Trinajstić information content (AvgIpc) is 2.67. The van der Waals surface area contributed by atoms with Crippen LogP contribution in [0.5, 0.6) is 5.75 Å². The molecule has 28 heavy (non-hydrogen) atoms. The van der Waals surface area contributed by atoms with Gasteiger partial charge >= 0.3 is 11.6 Å². The Hall–Kier alpha value is -3.12. The van der Waals surface area contributed by atoms with Crippen molar-refractivity contribution in [2.75, 3.05) is 0 Å². The SMILES string of the molecule is Cc1c(O)ccc2c(COC(=O)c3ccc(COC(C)C)cc3)cc(=O)oc12. The summed E-state index contributed by atoms with van der Waals surface area (Å²) in [6.07, 6.45) is 0.133. The Morgan fingerprint density at radius 3 is 2.50 bits per heavy atom. The molecule has 0 amide bonds. The Bertz CT molecular complexity index is 1050. The van der Waals surface area contributed by atoms with Gasteiger partial charge in [0.1, 0.15) is 17.9 Å². The molecule has 0 aliphatic carbocycles. The minimum absolute atomic E-state index is 0.0336. The van der Waals surface area contributed by atoms with E-state index in [1.165, 1.54) is 12.1 Å². The lowest BCUT2D eigenvalue weighted by Gasteiger charge is -2.10. The second-order valence-electron chi connectivity index (χ2n) is 6.81. The van der Waals surface area contributed by atoms with Crippen LogP contribution in [0.3, 0.4) is 0 Å². The van der Waals surface area contributed by atoms with E-state index < -0.39 is 11.6 Å². The number of benzene rings is 2. The fraction of sp³-hybridized carbons (Fsp3) is 0.273. The first kappa shape index (κ1) is 19.6. The number of esters is 1. The zero-order valence-electron chi connectivity index (χ0n) is 16.0. The van der Waals surface area contributed by atoms with Crippen LogP contribution in [0.2, 0.25) is 0 Å². The Morgan fingerprint density at radius 1 is 1.11 bits per heavy atom. The van der Waals surface area contributed by atoms with Gasteiger partial charge in [-0.15, -0.1) is 0 Å². The lowest BCUT2D eigenvalue weighted by Crippen LogP contribution is -2.08. The quantitative estimate of drug-likeness (QED) is 0.510. The fourth-order valence-electron chi connectivity index (χ4n) is 2.76. The first-order chi connectivity index (χ1) is 13.3. The van der Waals surface area contributed by atoms with Crippen LogP contribution in [0, 0.1) is 6.92 Å². The van der Waals surface area contributed by atoms with Gasteiger partial charge in [0, 0.05) is 22.6 Å². The second kappa shape index (κ2) is 8.27. The van der Waals surface area contributed by atoms with E-state index in [-0.39, 0.29) is 24.0 Å². The molecule has 0 aliphatic heterocycles. The molecule has 3 aromatic rings. The lowest BCUT2D eigenvalue weighted by molar-refractivity contribution is 0.0473. The van der Waals surface area contributed by atoms with Crippen molar-refractivity contribution in [2.24, 2.45) is 0 Å². The topological polar surface area (TPSA) is 86.0 Å². The first-order valence-corrected chi connectivity index (χ1v) is 8.98. The molecule has 0 atom stereocenters. The second-order valence-corrected chi connectivity index (χ2v) is 6.81. The molecule has 0 spiro atoms. The molecule has 0 bridgehead atoms. The van der Waals surface area contributed by atoms with E-state index in [0.717, 1.165) is 5.56 Å². The highest BCUT2D eigenvalue weighted by molar-refractivity contribution is 5.90. The van der Waals surface area contributed by atoms with Crippen LogP contribution in [0.1, 0.15) is 40.9 Å². The fourth-order valence-corrected chi connectivity index (χ4v) is 2.76. The summed E-state index contributed by atoms with van der Waals surface area (Å²) < 4.78 is 16.1. The lowest BCUT2D eigenvalue weighted by atomic mass is 10.1. The molecule has 6 heteroatoms. The van der Waals surface area contributed by atoms with Crippen LogP contribution in [0.4, 0.5) is 0 Å². The summed E-state index contributed by atoms with van der Waals surface area (Å²) in [5.74, 6) is -0.459. The molecule has 0 radical (unpaired) electrons. The number of ether oxygens (including phenoxy) is 2. The van der Waals surface area contributed by atoms with Crippen molar-refractivity contribution in [1.29, 1.82) is 0 Å². The van der Waals surface area contributed by atoms with Gasteiger partial charge in [-0.3, -0.25) is 0 Å². The third kappa shape index (κ3) is 4.40. The standard InChI is InChI=1S/C22H22O6/c1-13(2)26-11-15-4-6-16(7-5-15)22(25)27-12-17-10-20(24)28-21-14(3)19(23)9-8-18(17)21/h4-10,13,23H,11-12H2,1-3H3. The van der Waals surface area contributed by atoms with Gasteiger partial charge in [0.05, 0.1) is 18.3 Å². The van der Waals surface area contributed by atoms with Gasteiger partial charge in [0.25, 0.3) is 0 Å². The van der Waals surface area contributed by atoms with E-state index in [1.807, 2.05) is 26.0 Å². The molecule has 0 fully saturated rings. The highest BCUT2D eigenvalue weighted by Gasteiger charge is 2.13. The minimum atomic E-state index is -0.568. The van der Waals surface area contributed by atoms with Gasteiger partial charge < -0.3 is 19.0 Å². The zero-order valence-corrected chi connectivity index (χ0v) is 16.0. The molecular weight excluding hydrogens is 360 g/mol. The average molecular weight is 382 g/mol. The number of hydrogen-bond donors (Lipinski definition) is 1. The maximum Gasteiger partial charge on any atom is 0.338 e. The van der Waals surface area contributed by atoms with Crippen molar-refractivity contribution >= 4 is 16.9 Å². The summed E-state index contributed by atoms with van der Waals surface area (Å²) in [4.78, 5) is 24.2. The molecule has 3 rings (SSSR count). The summed E-state index contributed by atoms with van der Waals surface area (Å²) >= 11 is 0. The smallest absolute Gasteiger partial charge is 0.338 e. The van der Waals surface area contributed by atoms with Gasteiger partial charge in [0.15, 0.2) is 0 Å². The molecule has 0 saturated carbocycles. The number of rotatable bonds is 6. The number of phenolic OH excluding ortho intramolecular Hbond substituents is 1. The van der Waals surface area contributed by atoms with Gasteiger partial charge in [-0.05, 0) is 50.6 Å². The Balaban J connectivity index is 1.74. The number of aryl methyl sites for hydroxylation is 1. The van der Waals surface area contributed by atoms with Crippen LogP contribution >= 0.6 is 0 Å². The van der Waals surface area contributed by atoms with Gasteiger partial charge in [0.2, 0.25) is 0 Å². The molecule has 146 valence electrons. The van der Waals surface area contributed by atoms with E-state index in [0.29, 0.717) is 28.7 Å². The number of phenols is 1. The molecule has 1 heterocycles. The summed E-state index contributed by atoms with van der Waals surface area (Å²) in [5.41, 5.74) is 2.07. The van der Waals surface area contributed by atoms with E-state index >= 15 is 0 Å². The van der Waals surface area contributed by atoms with Crippen molar-refractivity contribution in [3.63, 3.8) is 0 Å². The number of carbonyl (C=O) groups is 1. The summed E-state index contributed by atoms with van der Waals surface area (Å²) in [5, 5.41) is 10.4. The minimum Gasteiger partial charge on any atom is -0.508 e. The summed E-state index contributed by atoms with van der Waals surface area (Å²) in [6, 6.07) is 11.4. The molecule has 1 aromatic heterocycles. The van der Waals surface area contributed by atoms with Crippen molar-refractivity contribution in [2.45, 2.75) is 40.1 Å². The Kier molecular flexibility index (Phi) is 5.80. The molecule has 1 N–H and O–H groups in total. The van der Waals surface area contributed by atoms with Crippen molar-refractivity contribution in [3.8, 4) is 5.75 Å². The number of carbonyl (C=O) groups excluding carboxylic acids is 1. The van der Waals surface area contributed by atoms with E-state index in [1.54, 1.807) is 25.1 Å². The predicted octanol–water partition coefficient (Wildman–Crippen LogP) is 4.09. The monoisotopic (exact) mass is 382 g/mol. The van der Waals surface area contributed by atoms with Crippen molar-refractivity contribution in [1.82, 2.24) is 0 Å². The highest BCUT2D eigenvalue weighted by Crippen LogP contribution is 2.27. The molecule has 0 aliphatic rings. The Morgan fingerprint density at radius 2 is 1.82 bits per heavy atom. The molecule has 2 aromatic carbocycles. The number of aromatic hydroxyl groups is 1. The molecule has 0 unspecified atom stereocenters. The van der Waals surface area contributed by atoms with Gasteiger partial charge in [-0.2, -0.15) is 0 Å². The van der Waals surface area contributed by atoms with Gasteiger partial charge in [-0.1, -0.05) is 12.1 Å². The van der Waals surface area contributed by atoms with E-state index in [2.05, 4.69) is 0 Å². The van der Waals surface area contributed by atoms with Crippen LogP contribution in [-0.2, 0) is 22.7 Å². The van der Waals surface area contributed by atoms with Gasteiger partial charge in [-0.25, -0.2) is 9.59 Å². The molecule has 6 nitrogen and oxygen atoms in total. The number of fused-ring (bicyclic) bond motifs is 1. The zero-order chi connectivity index (χ0) is 20.3. The molecular formula is C22H22O6. The van der Waals surface area contributed by atoms with Crippen molar-refractivity contribution < 1.29 is 23.8 Å². The number of hydrogen-bond acceptors (Lipinski definition) is 6. The van der Waals surface area contributed by atoms with Crippen LogP contribution in [0.15, 0.2) is 51.7 Å². The first-order valence-electron chi connectivity index (χ1n) is 8.98. The summed E-state index contributed by atoms with van der Waals surface area (Å²) in [6.45, 7) is 5.97. The highest BCUT2D eigenvalue weighted by atomic mass is 16.5. The Labute approximate surface area is 162 Å². The maximum atomic E-state index is 12.3. The van der Waals surface area contributed by atoms with Crippen LogP contribution in [0.25, 0.3) is 11.0 Å². The largest absolute Gasteiger partial charge is 0.508 e. The van der Waals surface area contributed by atoms with Crippen LogP contribution in [-0.4, -0.2) is 17.2 Å². The predicted molar refractivity (Wildman–Crippen MR) is 104 cm³/mol. The van der Waals surface area contributed by atoms with Crippen LogP contribution < -0.4 is 5.63 Å². The third-order valence-corrected chi connectivity index (χ3v) is 4.35. The normalized spacial score (nSPS) is 11.1.